The smallest absolute Gasteiger partial charge is 0.257 e. The molecule has 0 saturated carbocycles. The highest BCUT2D eigenvalue weighted by molar-refractivity contribution is 6.00. The topological polar surface area (TPSA) is 75.4 Å². The molecule has 25 heavy (non-hydrogen) atoms. The summed E-state index contributed by atoms with van der Waals surface area (Å²) in [7, 11) is 1.44. The average Bonchev–Trinajstić information content (AvgIpc) is 3.12. The fourth-order valence-corrected chi connectivity index (χ4v) is 2.59. The number of rotatable bonds is 5. The van der Waals surface area contributed by atoms with Gasteiger partial charge >= 0.3 is 0 Å². The number of carbonyl (C=O) groups is 1. The lowest BCUT2D eigenvalue weighted by Gasteiger charge is -2.14. The van der Waals surface area contributed by atoms with E-state index in [4.69, 9.17) is 4.52 Å². The minimum absolute atomic E-state index is 0.0174. The molecule has 3 aromatic rings. The van der Waals surface area contributed by atoms with Gasteiger partial charge < -0.3 is 14.9 Å². The zero-order chi connectivity index (χ0) is 17.8. The van der Waals surface area contributed by atoms with Gasteiger partial charge in [0.2, 0.25) is 0 Å². The molecule has 5 nitrogen and oxygen atoms in total. The van der Waals surface area contributed by atoms with Crippen LogP contribution in [-0.4, -0.2) is 23.2 Å². The first-order chi connectivity index (χ1) is 12.1. The number of hydrogen-bond acceptors (Lipinski definition) is 4. The molecule has 0 bridgehead atoms. The number of aliphatic hydroxyl groups is 1. The van der Waals surface area contributed by atoms with Crippen molar-refractivity contribution >= 4 is 5.91 Å². The van der Waals surface area contributed by atoms with Crippen LogP contribution in [0.2, 0.25) is 0 Å². The van der Waals surface area contributed by atoms with E-state index in [1.165, 1.54) is 7.05 Å². The number of alkyl halides is 1. The molecule has 128 valence electrons. The quantitative estimate of drug-likeness (QED) is 0.746. The van der Waals surface area contributed by atoms with Gasteiger partial charge in [0.15, 0.2) is 11.9 Å². The minimum Gasteiger partial charge on any atom is -0.385 e. The molecular weight excluding hydrogens is 323 g/mol. The first-order valence-electron chi connectivity index (χ1n) is 7.77. The summed E-state index contributed by atoms with van der Waals surface area (Å²) in [5, 5.41) is 16.6. The van der Waals surface area contributed by atoms with Crippen molar-refractivity contribution in [1.82, 2.24) is 10.5 Å². The number of aliphatic hydroxyl groups excluding tert-OH is 1. The molecule has 0 aliphatic heterocycles. The molecule has 0 radical (unpaired) electrons. The summed E-state index contributed by atoms with van der Waals surface area (Å²) in [6, 6.07) is 17.2. The molecule has 0 saturated heterocycles. The Hall–Kier alpha value is -2.99. The van der Waals surface area contributed by atoms with E-state index >= 15 is 0 Å². The molecule has 1 aromatic heterocycles. The number of amides is 1. The van der Waals surface area contributed by atoms with Crippen molar-refractivity contribution < 1.29 is 18.8 Å². The van der Waals surface area contributed by atoms with Crippen LogP contribution < -0.4 is 5.32 Å². The maximum absolute atomic E-state index is 14.9. The predicted octanol–water partition coefficient (Wildman–Crippen LogP) is 3.45. The van der Waals surface area contributed by atoms with Gasteiger partial charge in [0.05, 0.1) is 0 Å². The van der Waals surface area contributed by atoms with E-state index in [-0.39, 0.29) is 17.0 Å². The van der Waals surface area contributed by atoms with E-state index < -0.39 is 18.2 Å². The fraction of sp³-hybridized carbons (Fsp3) is 0.158. The summed E-state index contributed by atoms with van der Waals surface area (Å²) < 4.78 is 20.1. The summed E-state index contributed by atoms with van der Waals surface area (Å²) >= 11 is 0. The monoisotopic (exact) mass is 340 g/mol. The number of halogens is 1. The Bertz CT molecular complexity index is 850. The Morgan fingerprint density at radius 2 is 1.72 bits per heavy atom. The molecule has 3 rings (SSSR count). The Balaban J connectivity index is 2.04. The second kappa shape index (κ2) is 7.27. The van der Waals surface area contributed by atoms with Gasteiger partial charge in [-0.15, -0.1) is 0 Å². The van der Waals surface area contributed by atoms with Crippen molar-refractivity contribution in [2.75, 3.05) is 7.05 Å². The molecular formula is C19H17FN2O3. The number of benzene rings is 2. The number of aromatic nitrogens is 1. The van der Waals surface area contributed by atoms with Gasteiger partial charge in [0, 0.05) is 12.6 Å². The average molecular weight is 340 g/mol. The van der Waals surface area contributed by atoms with Crippen LogP contribution in [0.15, 0.2) is 65.2 Å². The molecule has 2 aromatic carbocycles. The van der Waals surface area contributed by atoms with Gasteiger partial charge in [-0.3, -0.25) is 4.79 Å². The van der Waals surface area contributed by atoms with Crippen molar-refractivity contribution in [1.29, 1.82) is 0 Å². The van der Waals surface area contributed by atoms with E-state index in [0.717, 1.165) is 0 Å². The van der Waals surface area contributed by atoms with Crippen molar-refractivity contribution in [3.63, 3.8) is 0 Å². The second-order valence-electron chi connectivity index (χ2n) is 5.47. The highest BCUT2D eigenvalue weighted by Gasteiger charge is 2.33. The Labute approximate surface area is 144 Å². The number of carbonyl (C=O) groups excluding carboxylic acids is 1. The third-order valence-electron chi connectivity index (χ3n) is 3.89. The van der Waals surface area contributed by atoms with Crippen molar-refractivity contribution in [2.24, 2.45) is 0 Å². The predicted molar refractivity (Wildman–Crippen MR) is 90.6 cm³/mol. The summed E-state index contributed by atoms with van der Waals surface area (Å²) in [4.78, 5) is 12.3. The van der Waals surface area contributed by atoms with Crippen LogP contribution in [0.1, 0.15) is 34.0 Å². The third kappa shape index (κ3) is 3.29. The second-order valence-corrected chi connectivity index (χ2v) is 5.47. The SMILES string of the molecule is CNC(=O)c1c(-c2ccccc2)noc1C(F)C(O)c1ccccc1. The number of nitrogens with one attached hydrogen (secondary N) is 1. The van der Waals surface area contributed by atoms with Gasteiger partial charge in [0.25, 0.3) is 5.91 Å². The first kappa shape index (κ1) is 16.9. The van der Waals surface area contributed by atoms with Crippen molar-refractivity contribution in [2.45, 2.75) is 12.3 Å². The van der Waals surface area contributed by atoms with E-state index in [1.54, 1.807) is 54.6 Å². The molecule has 0 fully saturated rings. The lowest BCUT2D eigenvalue weighted by molar-refractivity contribution is 0.0590. The molecule has 6 heteroatoms. The normalized spacial score (nSPS) is 13.2. The number of nitrogens with zero attached hydrogens (tertiary/aromatic N) is 1. The zero-order valence-electron chi connectivity index (χ0n) is 13.5. The highest BCUT2D eigenvalue weighted by atomic mass is 19.1. The summed E-state index contributed by atoms with van der Waals surface area (Å²) in [6.07, 6.45) is -3.40. The summed E-state index contributed by atoms with van der Waals surface area (Å²) in [5.41, 5.74) is 1.22. The zero-order valence-corrected chi connectivity index (χ0v) is 13.5. The van der Waals surface area contributed by atoms with Gasteiger partial charge in [-0.05, 0) is 5.56 Å². The standard InChI is InChI=1S/C19H17FN2O3/c1-21-19(24)14-16(12-8-4-2-5-9-12)22-25-18(14)15(20)17(23)13-10-6-3-7-11-13/h2-11,15,17,23H,1H3,(H,21,24). The van der Waals surface area contributed by atoms with Gasteiger partial charge in [-0.2, -0.15) is 0 Å². The molecule has 0 aliphatic carbocycles. The van der Waals surface area contributed by atoms with E-state index in [0.29, 0.717) is 11.1 Å². The minimum atomic E-state index is -1.93. The van der Waals surface area contributed by atoms with Crippen molar-refractivity contribution in [3.05, 3.63) is 77.6 Å². The van der Waals surface area contributed by atoms with E-state index in [9.17, 15) is 14.3 Å². The number of hydrogen-bond donors (Lipinski definition) is 2. The van der Waals surface area contributed by atoms with Crippen molar-refractivity contribution in [3.8, 4) is 11.3 Å². The van der Waals surface area contributed by atoms with Crippen LogP contribution in [0.3, 0.4) is 0 Å². The lowest BCUT2D eigenvalue weighted by atomic mass is 9.98. The Morgan fingerprint density at radius 3 is 2.32 bits per heavy atom. The summed E-state index contributed by atoms with van der Waals surface area (Å²) in [5.74, 6) is -0.826. The molecule has 1 heterocycles. The molecule has 0 aliphatic rings. The maximum Gasteiger partial charge on any atom is 0.257 e. The Morgan fingerprint density at radius 1 is 1.12 bits per heavy atom. The highest BCUT2D eigenvalue weighted by Crippen LogP contribution is 2.37. The van der Waals surface area contributed by atoms with Gasteiger partial charge in [-0.1, -0.05) is 65.8 Å². The van der Waals surface area contributed by atoms with E-state index in [1.807, 2.05) is 6.07 Å². The summed E-state index contributed by atoms with van der Waals surface area (Å²) in [6.45, 7) is 0. The van der Waals surface area contributed by atoms with Gasteiger partial charge in [-0.25, -0.2) is 4.39 Å². The molecule has 2 N–H and O–H groups in total. The molecule has 2 unspecified atom stereocenters. The molecule has 1 amide bonds. The molecule has 0 spiro atoms. The van der Waals surface area contributed by atoms with Crippen LogP contribution in [0.4, 0.5) is 4.39 Å². The molecule has 2 atom stereocenters. The third-order valence-corrected chi connectivity index (χ3v) is 3.89. The first-order valence-corrected chi connectivity index (χ1v) is 7.77. The van der Waals surface area contributed by atoms with Crippen LogP contribution in [0.5, 0.6) is 0 Å². The lowest BCUT2D eigenvalue weighted by Crippen LogP contribution is -2.21. The van der Waals surface area contributed by atoms with Crippen LogP contribution in [-0.2, 0) is 0 Å². The van der Waals surface area contributed by atoms with Gasteiger partial charge in [0.1, 0.15) is 17.4 Å². The largest absolute Gasteiger partial charge is 0.385 e. The van der Waals surface area contributed by atoms with Crippen LogP contribution in [0.25, 0.3) is 11.3 Å². The fourth-order valence-electron chi connectivity index (χ4n) is 2.59. The Kier molecular flexibility index (Phi) is 4.90. The van der Waals surface area contributed by atoms with Crippen LogP contribution >= 0.6 is 0 Å². The van der Waals surface area contributed by atoms with E-state index in [2.05, 4.69) is 10.5 Å². The van der Waals surface area contributed by atoms with Crippen LogP contribution in [0, 0.1) is 0 Å². The maximum atomic E-state index is 14.9.